The number of rotatable bonds is 7. The molecule has 112 valence electrons. The zero-order valence-electron chi connectivity index (χ0n) is 13.4. The number of hydrogen-bond donors (Lipinski definition) is 1. The second-order valence-electron chi connectivity index (χ2n) is 6.05. The number of nitrogens with one attached hydrogen (secondary N) is 1. The molecule has 0 spiro atoms. The summed E-state index contributed by atoms with van der Waals surface area (Å²) >= 11 is 0. The van der Waals surface area contributed by atoms with Crippen molar-refractivity contribution >= 4 is 0 Å². The zero-order chi connectivity index (χ0) is 14.4. The Balaban J connectivity index is 1.83. The van der Waals surface area contributed by atoms with Gasteiger partial charge >= 0.3 is 0 Å². The fourth-order valence-electron chi connectivity index (χ4n) is 3.23. The molecule has 0 radical (unpaired) electrons. The van der Waals surface area contributed by atoms with Crippen molar-refractivity contribution in [2.45, 2.75) is 58.5 Å². The van der Waals surface area contributed by atoms with E-state index in [1.54, 1.807) is 0 Å². The van der Waals surface area contributed by atoms with Crippen LogP contribution in [0.25, 0.3) is 0 Å². The van der Waals surface area contributed by atoms with Gasteiger partial charge in [0.1, 0.15) is 0 Å². The third-order valence-electron chi connectivity index (χ3n) is 4.58. The number of hydrogen-bond acceptors (Lipinski definition) is 2. The third-order valence-corrected chi connectivity index (χ3v) is 4.58. The number of nitrogens with zero attached hydrogens (tertiary/aromatic N) is 1. The van der Waals surface area contributed by atoms with Crippen LogP contribution < -0.4 is 5.32 Å². The molecular weight excluding hydrogens is 244 g/mol. The smallest absolute Gasteiger partial charge is 0.0292 e. The minimum absolute atomic E-state index is 0.449. The SMILES string of the molecule is CCCc1ccc(C(C)NCC2CCCN2CC)cc1. The van der Waals surface area contributed by atoms with Crippen molar-refractivity contribution in [3.05, 3.63) is 35.4 Å². The normalized spacial score (nSPS) is 21.2. The van der Waals surface area contributed by atoms with Crippen LogP contribution in [0.4, 0.5) is 0 Å². The van der Waals surface area contributed by atoms with Gasteiger partial charge in [0.05, 0.1) is 0 Å². The van der Waals surface area contributed by atoms with E-state index in [1.165, 1.54) is 49.9 Å². The van der Waals surface area contributed by atoms with Crippen LogP contribution in [0.3, 0.4) is 0 Å². The quantitative estimate of drug-likeness (QED) is 0.814. The van der Waals surface area contributed by atoms with Gasteiger partial charge in [0.2, 0.25) is 0 Å². The lowest BCUT2D eigenvalue weighted by atomic mass is 10.0. The summed E-state index contributed by atoms with van der Waals surface area (Å²) in [5.41, 5.74) is 2.86. The molecule has 1 aromatic carbocycles. The molecule has 1 aliphatic heterocycles. The van der Waals surface area contributed by atoms with Gasteiger partial charge in [0.25, 0.3) is 0 Å². The molecule has 1 saturated heterocycles. The summed E-state index contributed by atoms with van der Waals surface area (Å²) in [4.78, 5) is 2.60. The van der Waals surface area contributed by atoms with Gasteiger partial charge < -0.3 is 5.32 Å². The van der Waals surface area contributed by atoms with E-state index in [2.05, 4.69) is 55.3 Å². The number of benzene rings is 1. The Kier molecular flexibility index (Phi) is 6.06. The van der Waals surface area contributed by atoms with Crippen molar-refractivity contribution in [3.8, 4) is 0 Å². The topological polar surface area (TPSA) is 15.3 Å². The summed E-state index contributed by atoms with van der Waals surface area (Å²) in [6.45, 7) is 10.4. The van der Waals surface area contributed by atoms with Crippen LogP contribution in [0.1, 0.15) is 57.2 Å². The van der Waals surface area contributed by atoms with Gasteiger partial charge in [-0.3, -0.25) is 4.90 Å². The highest BCUT2D eigenvalue weighted by atomic mass is 15.2. The molecule has 0 amide bonds. The first-order valence-electron chi connectivity index (χ1n) is 8.30. The van der Waals surface area contributed by atoms with E-state index in [0.29, 0.717) is 6.04 Å². The van der Waals surface area contributed by atoms with Crippen molar-refractivity contribution in [1.82, 2.24) is 10.2 Å². The summed E-state index contributed by atoms with van der Waals surface area (Å²) in [6, 6.07) is 10.3. The van der Waals surface area contributed by atoms with Gasteiger partial charge in [-0.05, 0) is 50.4 Å². The fraction of sp³-hybridized carbons (Fsp3) is 0.667. The summed E-state index contributed by atoms with van der Waals surface area (Å²) in [5, 5.41) is 3.71. The van der Waals surface area contributed by atoms with Crippen LogP contribution >= 0.6 is 0 Å². The standard InChI is InChI=1S/C18H30N2/c1-4-7-16-9-11-17(12-10-16)15(3)19-14-18-8-6-13-20(18)5-2/h9-12,15,18-19H,4-8,13-14H2,1-3H3. The molecule has 0 aliphatic carbocycles. The molecule has 1 aliphatic rings. The number of likely N-dealkylation sites (N-methyl/N-ethyl adjacent to an activating group) is 1. The van der Waals surface area contributed by atoms with Crippen molar-refractivity contribution in [3.63, 3.8) is 0 Å². The first kappa shape index (κ1) is 15.5. The minimum atomic E-state index is 0.449. The Labute approximate surface area is 124 Å². The Hall–Kier alpha value is -0.860. The number of aryl methyl sites for hydroxylation is 1. The maximum Gasteiger partial charge on any atom is 0.0292 e. The van der Waals surface area contributed by atoms with E-state index in [-0.39, 0.29) is 0 Å². The molecule has 2 rings (SSSR count). The van der Waals surface area contributed by atoms with Gasteiger partial charge in [-0.25, -0.2) is 0 Å². The molecule has 1 heterocycles. The molecule has 1 N–H and O–H groups in total. The molecule has 0 aromatic heterocycles. The molecule has 2 heteroatoms. The second kappa shape index (κ2) is 7.80. The minimum Gasteiger partial charge on any atom is -0.309 e. The largest absolute Gasteiger partial charge is 0.309 e. The van der Waals surface area contributed by atoms with E-state index in [9.17, 15) is 0 Å². The van der Waals surface area contributed by atoms with Crippen molar-refractivity contribution in [1.29, 1.82) is 0 Å². The van der Waals surface area contributed by atoms with Crippen LogP contribution in [0.2, 0.25) is 0 Å². The van der Waals surface area contributed by atoms with E-state index in [4.69, 9.17) is 0 Å². The maximum absolute atomic E-state index is 3.71. The summed E-state index contributed by atoms with van der Waals surface area (Å²) in [7, 11) is 0. The van der Waals surface area contributed by atoms with Gasteiger partial charge in [0, 0.05) is 18.6 Å². The average molecular weight is 274 g/mol. The zero-order valence-corrected chi connectivity index (χ0v) is 13.4. The molecule has 1 aromatic rings. The molecule has 2 nitrogen and oxygen atoms in total. The summed E-state index contributed by atoms with van der Waals surface area (Å²) in [5.74, 6) is 0. The van der Waals surface area contributed by atoms with Crippen LogP contribution in [-0.4, -0.2) is 30.6 Å². The van der Waals surface area contributed by atoms with E-state index < -0.39 is 0 Å². The molecule has 0 bridgehead atoms. The lowest BCUT2D eigenvalue weighted by molar-refractivity contribution is 0.255. The third kappa shape index (κ3) is 4.07. The highest BCUT2D eigenvalue weighted by molar-refractivity contribution is 5.24. The van der Waals surface area contributed by atoms with E-state index >= 15 is 0 Å². The van der Waals surface area contributed by atoms with Crippen LogP contribution in [-0.2, 0) is 6.42 Å². The predicted octanol–water partition coefficient (Wildman–Crippen LogP) is 3.77. The molecule has 1 fully saturated rings. The second-order valence-corrected chi connectivity index (χ2v) is 6.05. The Bertz CT molecular complexity index is 385. The van der Waals surface area contributed by atoms with Crippen molar-refractivity contribution in [2.75, 3.05) is 19.6 Å². The lowest BCUT2D eigenvalue weighted by Gasteiger charge is -2.25. The molecule has 2 atom stereocenters. The summed E-state index contributed by atoms with van der Waals surface area (Å²) < 4.78 is 0. The van der Waals surface area contributed by atoms with Crippen LogP contribution in [0.5, 0.6) is 0 Å². The van der Waals surface area contributed by atoms with Crippen molar-refractivity contribution in [2.24, 2.45) is 0 Å². The lowest BCUT2D eigenvalue weighted by Crippen LogP contribution is -2.38. The average Bonchev–Trinajstić information content (AvgIpc) is 2.93. The Morgan fingerprint density at radius 2 is 2.00 bits per heavy atom. The first-order valence-corrected chi connectivity index (χ1v) is 8.30. The van der Waals surface area contributed by atoms with Crippen molar-refractivity contribution < 1.29 is 0 Å². The molecule has 0 saturated carbocycles. The highest BCUT2D eigenvalue weighted by Crippen LogP contribution is 2.18. The first-order chi connectivity index (χ1) is 9.74. The van der Waals surface area contributed by atoms with Crippen LogP contribution in [0.15, 0.2) is 24.3 Å². The fourth-order valence-corrected chi connectivity index (χ4v) is 3.23. The van der Waals surface area contributed by atoms with E-state index in [1.807, 2.05) is 0 Å². The van der Waals surface area contributed by atoms with Crippen LogP contribution in [0, 0.1) is 0 Å². The number of likely N-dealkylation sites (tertiary alicyclic amines) is 1. The highest BCUT2D eigenvalue weighted by Gasteiger charge is 2.22. The van der Waals surface area contributed by atoms with Gasteiger partial charge in [0.15, 0.2) is 0 Å². The Morgan fingerprint density at radius 1 is 1.25 bits per heavy atom. The maximum atomic E-state index is 3.71. The molecule has 20 heavy (non-hydrogen) atoms. The van der Waals surface area contributed by atoms with Gasteiger partial charge in [-0.1, -0.05) is 44.5 Å². The predicted molar refractivity (Wildman–Crippen MR) is 87.1 cm³/mol. The monoisotopic (exact) mass is 274 g/mol. The van der Waals surface area contributed by atoms with Gasteiger partial charge in [-0.2, -0.15) is 0 Å². The Morgan fingerprint density at radius 3 is 2.65 bits per heavy atom. The summed E-state index contributed by atoms with van der Waals surface area (Å²) in [6.07, 6.45) is 5.13. The molecule has 2 unspecified atom stereocenters. The molecular formula is C18H30N2. The van der Waals surface area contributed by atoms with Gasteiger partial charge in [-0.15, -0.1) is 0 Å². The van der Waals surface area contributed by atoms with E-state index in [0.717, 1.165) is 12.6 Å².